The standard InChI is InChI=1S/C16H12Cl2N4OS/c1-22-15(10-3-2-6-19-8-10)20-21-16(22)24-9-14(23)12-5-4-11(17)7-13(12)18/h2-8H,9H2,1H3. The van der Waals surface area contributed by atoms with Gasteiger partial charge in [-0.2, -0.15) is 0 Å². The Morgan fingerprint density at radius 1 is 1.25 bits per heavy atom. The molecule has 0 N–H and O–H groups in total. The number of hydrogen-bond donors (Lipinski definition) is 0. The Hall–Kier alpha value is -1.89. The maximum Gasteiger partial charge on any atom is 0.191 e. The Morgan fingerprint density at radius 3 is 2.79 bits per heavy atom. The Kier molecular flexibility index (Phi) is 5.18. The summed E-state index contributed by atoms with van der Waals surface area (Å²) in [6, 6.07) is 8.58. The predicted molar refractivity (Wildman–Crippen MR) is 95.8 cm³/mol. The van der Waals surface area contributed by atoms with E-state index in [4.69, 9.17) is 23.2 Å². The van der Waals surface area contributed by atoms with Gasteiger partial charge in [0, 0.05) is 35.6 Å². The Morgan fingerprint density at radius 2 is 2.08 bits per heavy atom. The van der Waals surface area contributed by atoms with Crippen LogP contribution in [0.4, 0.5) is 0 Å². The van der Waals surface area contributed by atoms with Crippen LogP contribution in [0.1, 0.15) is 10.4 Å². The van der Waals surface area contributed by atoms with Crippen molar-refractivity contribution in [2.24, 2.45) is 7.05 Å². The van der Waals surface area contributed by atoms with E-state index in [0.29, 0.717) is 26.6 Å². The minimum atomic E-state index is -0.0902. The van der Waals surface area contributed by atoms with Gasteiger partial charge in [-0.1, -0.05) is 35.0 Å². The van der Waals surface area contributed by atoms with Crippen LogP contribution >= 0.6 is 35.0 Å². The van der Waals surface area contributed by atoms with E-state index in [1.165, 1.54) is 11.8 Å². The van der Waals surface area contributed by atoms with Crippen molar-refractivity contribution in [3.05, 3.63) is 58.3 Å². The quantitative estimate of drug-likeness (QED) is 0.492. The van der Waals surface area contributed by atoms with Crippen LogP contribution < -0.4 is 0 Å². The summed E-state index contributed by atoms with van der Waals surface area (Å²) < 4.78 is 1.83. The predicted octanol–water partition coefficient (Wildman–Crippen LogP) is 4.16. The molecular weight excluding hydrogens is 367 g/mol. The lowest BCUT2D eigenvalue weighted by atomic mass is 10.1. The molecule has 0 spiro atoms. The molecule has 122 valence electrons. The first-order valence-electron chi connectivity index (χ1n) is 6.97. The average Bonchev–Trinajstić information content (AvgIpc) is 2.94. The van der Waals surface area contributed by atoms with E-state index in [9.17, 15) is 4.79 Å². The number of nitrogens with zero attached hydrogens (tertiary/aromatic N) is 4. The molecule has 3 rings (SSSR count). The largest absolute Gasteiger partial charge is 0.305 e. The van der Waals surface area contributed by atoms with Crippen LogP contribution in [-0.2, 0) is 7.05 Å². The minimum absolute atomic E-state index is 0.0902. The zero-order valence-electron chi connectivity index (χ0n) is 12.6. The summed E-state index contributed by atoms with van der Waals surface area (Å²) in [6.45, 7) is 0. The molecule has 0 aliphatic carbocycles. The third-order valence-electron chi connectivity index (χ3n) is 3.32. The summed E-state index contributed by atoms with van der Waals surface area (Å²) in [5.74, 6) is 0.815. The zero-order valence-corrected chi connectivity index (χ0v) is 14.9. The minimum Gasteiger partial charge on any atom is -0.305 e. The number of Topliss-reactive ketones (excluding diaryl/α,β-unsaturated/α-hetero) is 1. The topological polar surface area (TPSA) is 60.7 Å². The molecule has 1 aromatic carbocycles. The second-order valence-electron chi connectivity index (χ2n) is 4.94. The highest BCUT2D eigenvalue weighted by atomic mass is 35.5. The molecule has 0 saturated heterocycles. The first kappa shape index (κ1) is 17.0. The summed E-state index contributed by atoms with van der Waals surface area (Å²) in [7, 11) is 1.85. The van der Waals surface area contributed by atoms with Crippen molar-refractivity contribution in [3.63, 3.8) is 0 Å². The Labute approximate surface area is 153 Å². The van der Waals surface area contributed by atoms with Gasteiger partial charge in [-0.3, -0.25) is 9.78 Å². The summed E-state index contributed by atoms with van der Waals surface area (Å²) in [5, 5.41) is 9.79. The molecule has 0 unspecified atom stereocenters. The number of thioether (sulfide) groups is 1. The van der Waals surface area contributed by atoms with Gasteiger partial charge >= 0.3 is 0 Å². The maximum absolute atomic E-state index is 12.3. The number of ketones is 1. The first-order valence-corrected chi connectivity index (χ1v) is 8.71. The monoisotopic (exact) mass is 378 g/mol. The molecule has 0 bridgehead atoms. The van der Waals surface area contributed by atoms with E-state index in [1.54, 1.807) is 30.6 Å². The van der Waals surface area contributed by atoms with Gasteiger partial charge < -0.3 is 4.57 Å². The fourth-order valence-corrected chi connectivity index (χ4v) is 3.42. The second-order valence-corrected chi connectivity index (χ2v) is 6.73. The van der Waals surface area contributed by atoms with Gasteiger partial charge in [-0.15, -0.1) is 10.2 Å². The highest BCUT2D eigenvalue weighted by Gasteiger charge is 2.15. The van der Waals surface area contributed by atoms with Crippen molar-refractivity contribution in [1.29, 1.82) is 0 Å². The normalized spacial score (nSPS) is 10.8. The zero-order chi connectivity index (χ0) is 17.1. The van der Waals surface area contributed by atoms with Gasteiger partial charge in [0.05, 0.1) is 10.8 Å². The van der Waals surface area contributed by atoms with Crippen molar-refractivity contribution >= 4 is 40.7 Å². The summed E-state index contributed by atoms with van der Waals surface area (Å²) in [6.07, 6.45) is 3.42. The number of carbonyl (C=O) groups is 1. The number of hydrogen-bond acceptors (Lipinski definition) is 5. The van der Waals surface area contributed by atoms with Crippen LogP contribution in [0.2, 0.25) is 10.0 Å². The lowest BCUT2D eigenvalue weighted by Gasteiger charge is -2.05. The summed E-state index contributed by atoms with van der Waals surface area (Å²) >= 11 is 13.2. The highest BCUT2D eigenvalue weighted by molar-refractivity contribution is 7.99. The van der Waals surface area contributed by atoms with Crippen LogP contribution in [-0.4, -0.2) is 31.3 Å². The van der Waals surface area contributed by atoms with E-state index in [1.807, 2.05) is 23.7 Å². The third-order valence-corrected chi connectivity index (χ3v) is 4.89. The van der Waals surface area contributed by atoms with Crippen molar-refractivity contribution in [2.45, 2.75) is 5.16 Å². The van der Waals surface area contributed by atoms with E-state index < -0.39 is 0 Å². The van der Waals surface area contributed by atoms with Gasteiger partial charge in [-0.05, 0) is 30.3 Å². The van der Waals surface area contributed by atoms with E-state index in [-0.39, 0.29) is 11.5 Å². The molecule has 0 radical (unpaired) electrons. The molecule has 0 saturated carbocycles. The fraction of sp³-hybridized carbons (Fsp3) is 0.125. The molecule has 2 aromatic heterocycles. The van der Waals surface area contributed by atoms with Gasteiger partial charge in [-0.25, -0.2) is 0 Å². The SMILES string of the molecule is Cn1c(SCC(=O)c2ccc(Cl)cc2Cl)nnc1-c1cccnc1. The lowest BCUT2D eigenvalue weighted by molar-refractivity contribution is 0.102. The maximum atomic E-state index is 12.3. The summed E-state index contributed by atoms with van der Waals surface area (Å²) in [4.78, 5) is 16.4. The number of pyridine rings is 1. The Balaban J connectivity index is 1.73. The molecule has 0 amide bonds. The number of rotatable bonds is 5. The van der Waals surface area contributed by atoms with Crippen molar-refractivity contribution in [3.8, 4) is 11.4 Å². The van der Waals surface area contributed by atoms with Crippen molar-refractivity contribution in [2.75, 3.05) is 5.75 Å². The molecule has 2 heterocycles. The molecular formula is C16H12Cl2N4OS. The molecule has 5 nitrogen and oxygen atoms in total. The number of aromatic nitrogens is 4. The van der Waals surface area contributed by atoms with Gasteiger partial charge in [0.15, 0.2) is 16.8 Å². The average molecular weight is 379 g/mol. The number of carbonyl (C=O) groups excluding carboxylic acids is 1. The lowest BCUT2D eigenvalue weighted by Crippen LogP contribution is -2.04. The van der Waals surface area contributed by atoms with Crippen molar-refractivity contribution in [1.82, 2.24) is 19.7 Å². The Bertz CT molecular complexity index is 883. The highest BCUT2D eigenvalue weighted by Crippen LogP contribution is 2.25. The molecule has 24 heavy (non-hydrogen) atoms. The van der Waals surface area contributed by atoms with Gasteiger partial charge in [0.1, 0.15) is 0 Å². The number of halogens is 2. The van der Waals surface area contributed by atoms with Crippen LogP contribution in [0, 0.1) is 0 Å². The fourth-order valence-electron chi connectivity index (χ4n) is 2.11. The molecule has 0 fully saturated rings. The van der Waals surface area contributed by atoms with E-state index in [0.717, 1.165) is 5.56 Å². The van der Waals surface area contributed by atoms with Crippen LogP contribution in [0.3, 0.4) is 0 Å². The molecule has 8 heteroatoms. The summed E-state index contributed by atoms with van der Waals surface area (Å²) in [5.41, 5.74) is 1.31. The second kappa shape index (κ2) is 7.34. The number of benzene rings is 1. The van der Waals surface area contributed by atoms with Crippen LogP contribution in [0.25, 0.3) is 11.4 Å². The molecule has 0 aliphatic rings. The molecule has 0 atom stereocenters. The smallest absolute Gasteiger partial charge is 0.191 e. The van der Waals surface area contributed by atoms with E-state index >= 15 is 0 Å². The first-order chi connectivity index (χ1) is 11.6. The van der Waals surface area contributed by atoms with Crippen molar-refractivity contribution < 1.29 is 4.79 Å². The third kappa shape index (κ3) is 3.61. The molecule has 0 aliphatic heterocycles. The van der Waals surface area contributed by atoms with E-state index in [2.05, 4.69) is 15.2 Å². The molecule has 3 aromatic rings. The van der Waals surface area contributed by atoms with Gasteiger partial charge in [0.2, 0.25) is 0 Å². The van der Waals surface area contributed by atoms with Gasteiger partial charge in [0.25, 0.3) is 0 Å². The van der Waals surface area contributed by atoms with Crippen LogP contribution in [0.5, 0.6) is 0 Å². The van der Waals surface area contributed by atoms with Crippen LogP contribution in [0.15, 0.2) is 47.9 Å².